The van der Waals surface area contributed by atoms with Gasteiger partial charge in [0.1, 0.15) is 19.3 Å². The maximum absolute atomic E-state index is 11.0. The summed E-state index contributed by atoms with van der Waals surface area (Å²) in [4.78, 5) is 45.2. The van der Waals surface area contributed by atoms with Crippen LogP contribution in [0.15, 0.2) is 0 Å². The molecule has 0 amide bonds. The van der Waals surface area contributed by atoms with Crippen LogP contribution in [-0.4, -0.2) is 65.4 Å². The minimum Gasteiger partial charge on any atom is -0.432 e. The van der Waals surface area contributed by atoms with E-state index < -0.39 is 41.1 Å². The van der Waals surface area contributed by atoms with Gasteiger partial charge in [-0.15, -0.1) is 0 Å². The van der Waals surface area contributed by atoms with Crippen molar-refractivity contribution < 1.29 is 56.8 Å². The van der Waals surface area contributed by atoms with Crippen molar-refractivity contribution in [3.63, 3.8) is 0 Å². The van der Waals surface area contributed by atoms with Crippen molar-refractivity contribution >= 4 is 21.8 Å². The van der Waals surface area contributed by atoms with Crippen LogP contribution in [0.4, 0.5) is 4.79 Å². The zero-order valence-electron chi connectivity index (χ0n) is 10.9. The summed E-state index contributed by atoms with van der Waals surface area (Å²) >= 11 is 0. The molecule has 0 aromatic rings. The fourth-order valence-electron chi connectivity index (χ4n) is 0.894. The van der Waals surface area contributed by atoms with Crippen LogP contribution in [0, 0.1) is 0 Å². The summed E-state index contributed by atoms with van der Waals surface area (Å²) in [6.45, 7) is -1.67. The number of carbonyl (C=O) groups is 1. The van der Waals surface area contributed by atoms with Crippen LogP contribution in [0.25, 0.3) is 0 Å². The minimum absolute atomic E-state index is 0.110. The number of phosphoric acid groups is 2. The minimum atomic E-state index is -4.97. The van der Waals surface area contributed by atoms with Crippen LogP contribution in [0.5, 0.6) is 0 Å². The molecule has 0 saturated carbocycles. The molecule has 21 heavy (non-hydrogen) atoms. The molecule has 14 heteroatoms. The molecule has 0 aliphatic heterocycles. The molecule has 126 valence electrons. The second kappa shape index (κ2) is 9.46. The molecule has 0 radical (unpaired) electrons. The second-order valence-corrected chi connectivity index (χ2v) is 5.84. The molecule has 1 unspecified atom stereocenters. The van der Waals surface area contributed by atoms with Crippen LogP contribution in [0.3, 0.4) is 0 Å². The van der Waals surface area contributed by atoms with Crippen molar-refractivity contribution in [1.82, 2.24) is 0 Å². The maximum atomic E-state index is 11.0. The van der Waals surface area contributed by atoms with Crippen LogP contribution in [0.1, 0.15) is 0 Å². The van der Waals surface area contributed by atoms with Gasteiger partial charge in [0.2, 0.25) is 0 Å². The van der Waals surface area contributed by atoms with Gasteiger partial charge >= 0.3 is 21.8 Å². The smallest absolute Gasteiger partial charge is 0.432 e. The maximum Gasteiger partial charge on any atom is 0.508 e. The van der Waals surface area contributed by atoms with Crippen LogP contribution in [-0.2, 0) is 32.4 Å². The molecule has 12 nitrogen and oxygen atoms in total. The second-order valence-electron chi connectivity index (χ2n) is 3.41. The van der Waals surface area contributed by atoms with E-state index in [-0.39, 0.29) is 13.2 Å². The summed E-state index contributed by atoms with van der Waals surface area (Å²) in [5, 5.41) is 0. The summed E-state index contributed by atoms with van der Waals surface area (Å²) in [7, 11) is -8.48. The molecule has 0 bridgehead atoms. The van der Waals surface area contributed by atoms with Crippen molar-refractivity contribution in [1.29, 1.82) is 0 Å². The molecule has 0 aromatic heterocycles. The van der Waals surface area contributed by atoms with Gasteiger partial charge in [-0.25, -0.2) is 13.9 Å². The molecule has 1 atom stereocenters. The highest BCUT2D eigenvalue weighted by atomic mass is 31.2. The van der Waals surface area contributed by atoms with Gasteiger partial charge in [-0.05, 0) is 0 Å². The lowest BCUT2D eigenvalue weighted by Gasteiger charge is -2.18. The first kappa shape index (κ1) is 20.5. The first-order valence-corrected chi connectivity index (χ1v) is 8.32. The lowest BCUT2D eigenvalue weighted by atomic mass is 10.4. The topological polar surface area (TPSA) is 178 Å². The van der Waals surface area contributed by atoms with Gasteiger partial charge in [-0.1, -0.05) is 0 Å². The quantitative estimate of drug-likeness (QED) is 0.222. The Kier molecular flexibility index (Phi) is 9.22. The van der Waals surface area contributed by atoms with Gasteiger partial charge in [-0.2, -0.15) is 0 Å². The van der Waals surface area contributed by atoms with Gasteiger partial charge in [0.05, 0.1) is 13.2 Å². The zero-order chi connectivity index (χ0) is 16.5. The molecular formula is C7H16O12P2. The number of hydrogen-bond acceptors (Lipinski definition) is 8. The van der Waals surface area contributed by atoms with Crippen molar-refractivity contribution in [2.45, 2.75) is 6.10 Å². The fraction of sp³-hybridized carbons (Fsp3) is 0.857. The Hall–Kier alpha value is -0.550. The van der Waals surface area contributed by atoms with Gasteiger partial charge in [0.25, 0.3) is 0 Å². The first-order valence-electron chi connectivity index (χ1n) is 5.26. The Bertz CT molecular complexity index is 398. The largest absolute Gasteiger partial charge is 0.508 e. The Morgan fingerprint density at radius 1 is 1.00 bits per heavy atom. The van der Waals surface area contributed by atoms with E-state index in [1.54, 1.807) is 0 Å². The SMILES string of the molecule is COCCOC(=O)OCC(COP(=O)(O)O)OP(=O)(O)O. The summed E-state index contributed by atoms with van der Waals surface area (Å²) in [5.41, 5.74) is 0. The first-order chi connectivity index (χ1) is 9.53. The van der Waals surface area contributed by atoms with E-state index in [1.165, 1.54) is 7.11 Å². The molecule has 0 heterocycles. The molecule has 0 spiro atoms. The number of hydrogen-bond donors (Lipinski definition) is 4. The molecule has 0 fully saturated rings. The highest BCUT2D eigenvalue weighted by molar-refractivity contribution is 7.46. The van der Waals surface area contributed by atoms with Gasteiger partial charge < -0.3 is 33.8 Å². The predicted molar refractivity (Wildman–Crippen MR) is 64.1 cm³/mol. The third kappa shape index (κ3) is 14.2. The van der Waals surface area contributed by atoms with Crippen LogP contribution >= 0.6 is 15.6 Å². The standard InChI is InChI=1S/C7H16O12P2/c1-15-2-3-16-7(8)17-4-6(19-21(12,13)14)5-18-20(9,10)11/h6H,2-5H2,1H3,(H2,9,10,11)(H2,12,13,14). The van der Waals surface area contributed by atoms with Gasteiger partial charge in [0, 0.05) is 7.11 Å². The van der Waals surface area contributed by atoms with Crippen LogP contribution in [0.2, 0.25) is 0 Å². The van der Waals surface area contributed by atoms with E-state index in [0.717, 1.165) is 0 Å². The van der Waals surface area contributed by atoms with Gasteiger partial charge in [0.15, 0.2) is 0 Å². The molecule has 4 N–H and O–H groups in total. The number of rotatable bonds is 10. The monoisotopic (exact) mass is 354 g/mol. The predicted octanol–water partition coefficient (Wildman–Crippen LogP) is -0.627. The zero-order valence-corrected chi connectivity index (χ0v) is 12.6. The van der Waals surface area contributed by atoms with Crippen molar-refractivity contribution in [2.24, 2.45) is 0 Å². The molecule has 0 rings (SSSR count). The lowest BCUT2D eigenvalue weighted by molar-refractivity contribution is -0.00591. The Labute approximate surface area is 119 Å². The number of phosphoric ester groups is 2. The van der Waals surface area contributed by atoms with E-state index >= 15 is 0 Å². The average molecular weight is 354 g/mol. The third-order valence-electron chi connectivity index (χ3n) is 1.61. The summed E-state index contributed by atoms with van der Waals surface area (Å²) in [5.74, 6) is 0. The number of carbonyl (C=O) groups excluding carboxylic acids is 1. The van der Waals surface area contributed by atoms with E-state index in [9.17, 15) is 13.9 Å². The average Bonchev–Trinajstić information content (AvgIpc) is 2.30. The molecule has 0 aliphatic rings. The summed E-state index contributed by atoms with van der Waals surface area (Å²) in [6.07, 6.45) is -2.78. The van der Waals surface area contributed by atoms with E-state index in [1.807, 2.05) is 0 Å². The molecule has 0 aromatic carbocycles. The Balaban J connectivity index is 4.30. The summed E-state index contributed by atoms with van der Waals surface area (Å²) in [6, 6.07) is 0. The highest BCUT2D eigenvalue weighted by Crippen LogP contribution is 2.40. The fourth-order valence-corrected chi connectivity index (χ4v) is 1.76. The van der Waals surface area contributed by atoms with Crippen molar-refractivity contribution in [3.05, 3.63) is 0 Å². The molecule has 0 aliphatic carbocycles. The highest BCUT2D eigenvalue weighted by Gasteiger charge is 2.27. The number of methoxy groups -OCH3 is 1. The normalized spacial score (nSPS) is 13.8. The number of ether oxygens (including phenoxy) is 3. The van der Waals surface area contributed by atoms with Crippen LogP contribution < -0.4 is 0 Å². The van der Waals surface area contributed by atoms with E-state index in [4.69, 9.17) is 19.6 Å². The summed E-state index contributed by atoms with van der Waals surface area (Å²) < 4.78 is 42.8. The van der Waals surface area contributed by atoms with E-state index in [2.05, 4.69) is 23.3 Å². The Morgan fingerprint density at radius 2 is 1.62 bits per heavy atom. The molecular weight excluding hydrogens is 338 g/mol. The van der Waals surface area contributed by atoms with Crippen molar-refractivity contribution in [3.8, 4) is 0 Å². The van der Waals surface area contributed by atoms with Gasteiger partial charge in [-0.3, -0.25) is 9.05 Å². The van der Waals surface area contributed by atoms with E-state index in [0.29, 0.717) is 0 Å². The molecule has 0 saturated heterocycles. The Morgan fingerprint density at radius 3 is 2.10 bits per heavy atom. The third-order valence-corrected chi connectivity index (χ3v) is 2.67. The lowest BCUT2D eigenvalue weighted by Crippen LogP contribution is -2.26. The van der Waals surface area contributed by atoms with Crippen molar-refractivity contribution in [2.75, 3.05) is 33.5 Å².